The topological polar surface area (TPSA) is 60.4 Å². The number of pyridine rings is 1. The van der Waals surface area contributed by atoms with E-state index in [9.17, 15) is 4.79 Å². The molecule has 2 rings (SSSR count). The van der Waals surface area contributed by atoms with Crippen molar-refractivity contribution in [3.05, 3.63) is 35.8 Å². The van der Waals surface area contributed by atoms with Crippen molar-refractivity contribution in [2.75, 3.05) is 0 Å². The van der Waals surface area contributed by atoms with E-state index in [1.54, 1.807) is 24.5 Å². The zero-order valence-corrected chi connectivity index (χ0v) is 11.9. The zero-order chi connectivity index (χ0) is 14.1. The maximum Gasteiger partial charge on any atom is 0.250 e. The number of nitrogens with two attached hydrogens (primary N) is 1. The first-order valence-electron chi connectivity index (χ1n) is 6.33. The second kappa shape index (κ2) is 8.28. The van der Waals surface area contributed by atoms with Gasteiger partial charge in [0.25, 0.3) is 0 Å². The van der Waals surface area contributed by atoms with E-state index in [0.29, 0.717) is 5.56 Å². The number of carbonyl (C=O) groups excluding carboxylic acids is 1. The lowest BCUT2D eigenvalue weighted by atomic mass is 10.3. The molecule has 0 aliphatic rings. The first kappa shape index (κ1) is 16.2. The lowest BCUT2D eigenvalue weighted by Crippen LogP contribution is -2.11. The molecule has 0 fully saturated rings. The van der Waals surface area contributed by atoms with Gasteiger partial charge in [-0.1, -0.05) is 34.1 Å². The van der Waals surface area contributed by atoms with Gasteiger partial charge in [-0.25, -0.2) is 4.98 Å². The Kier molecular flexibility index (Phi) is 7.43. The lowest BCUT2D eigenvalue weighted by molar-refractivity contribution is 0.1000. The molecule has 0 aliphatic heterocycles. The summed E-state index contributed by atoms with van der Waals surface area (Å²) in [5.74, 6) is -0.421. The summed E-state index contributed by atoms with van der Waals surface area (Å²) in [5, 5.41) is 0. The SMILES string of the molecule is CC.CCC.Cc1cnc2ccc(C(N)=O)cn12. The molecule has 1 amide bonds. The average molecular weight is 249 g/mol. The molecule has 2 aromatic rings. The number of amides is 1. The van der Waals surface area contributed by atoms with E-state index < -0.39 is 5.91 Å². The van der Waals surface area contributed by atoms with Gasteiger partial charge in [-0.2, -0.15) is 0 Å². The van der Waals surface area contributed by atoms with Gasteiger partial charge in [0, 0.05) is 18.1 Å². The van der Waals surface area contributed by atoms with Crippen molar-refractivity contribution in [3.8, 4) is 0 Å². The van der Waals surface area contributed by atoms with E-state index in [1.165, 1.54) is 6.42 Å². The predicted octanol–water partition coefficient (Wildman–Crippen LogP) is 3.18. The van der Waals surface area contributed by atoms with Crippen molar-refractivity contribution in [3.63, 3.8) is 0 Å². The molecule has 0 radical (unpaired) electrons. The highest BCUT2D eigenvalue weighted by atomic mass is 16.1. The van der Waals surface area contributed by atoms with Gasteiger partial charge in [0.2, 0.25) is 5.91 Å². The Hall–Kier alpha value is -1.84. The minimum atomic E-state index is -0.421. The standard InChI is InChI=1S/C9H9N3O.C3H8.C2H6/c1-6-4-11-8-3-2-7(9(10)13)5-12(6)8;1-3-2;1-2/h2-5H,1H3,(H2,10,13);3H2,1-2H3;1-2H3. The number of nitrogens with zero attached hydrogens (tertiary/aromatic N) is 2. The van der Waals surface area contributed by atoms with Crippen LogP contribution in [0.2, 0.25) is 0 Å². The van der Waals surface area contributed by atoms with Gasteiger partial charge in [0.1, 0.15) is 5.65 Å². The van der Waals surface area contributed by atoms with Crippen LogP contribution < -0.4 is 5.73 Å². The summed E-state index contributed by atoms with van der Waals surface area (Å²) in [6, 6.07) is 3.44. The number of aromatic nitrogens is 2. The van der Waals surface area contributed by atoms with Crippen molar-refractivity contribution < 1.29 is 4.79 Å². The van der Waals surface area contributed by atoms with Gasteiger partial charge >= 0.3 is 0 Å². The quantitative estimate of drug-likeness (QED) is 0.843. The second-order valence-corrected chi connectivity index (χ2v) is 3.62. The number of hydrogen-bond acceptors (Lipinski definition) is 2. The summed E-state index contributed by atoms with van der Waals surface area (Å²) < 4.78 is 1.83. The Morgan fingerprint density at radius 2 is 1.89 bits per heavy atom. The van der Waals surface area contributed by atoms with Crippen LogP contribution in [-0.4, -0.2) is 15.3 Å². The van der Waals surface area contributed by atoms with Crippen LogP contribution in [0.5, 0.6) is 0 Å². The van der Waals surface area contributed by atoms with Crippen LogP contribution >= 0.6 is 0 Å². The summed E-state index contributed by atoms with van der Waals surface area (Å²) in [7, 11) is 0. The average Bonchev–Trinajstić information content (AvgIpc) is 2.74. The molecule has 4 nitrogen and oxygen atoms in total. The van der Waals surface area contributed by atoms with Crippen LogP contribution in [0.15, 0.2) is 24.5 Å². The first-order valence-corrected chi connectivity index (χ1v) is 6.33. The molecule has 0 saturated heterocycles. The molecule has 0 bridgehead atoms. The summed E-state index contributed by atoms with van der Waals surface area (Å²) in [6.45, 7) is 10.2. The fourth-order valence-corrected chi connectivity index (χ4v) is 1.25. The highest BCUT2D eigenvalue weighted by molar-refractivity contribution is 5.92. The van der Waals surface area contributed by atoms with E-state index in [4.69, 9.17) is 5.73 Å². The van der Waals surface area contributed by atoms with E-state index >= 15 is 0 Å². The number of fused-ring (bicyclic) bond motifs is 1. The van der Waals surface area contributed by atoms with Crippen molar-refractivity contribution in [2.45, 2.75) is 41.0 Å². The molecule has 0 saturated carbocycles. The monoisotopic (exact) mass is 249 g/mol. The van der Waals surface area contributed by atoms with Crippen molar-refractivity contribution in [2.24, 2.45) is 5.73 Å². The van der Waals surface area contributed by atoms with Gasteiger partial charge in [-0.3, -0.25) is 4.79 Å². The minimum absolute atomic E-state index is 0.421. The molecule has 2 heterocycles. The third-order valence-electron chi connectivity index (χ3n) is 1.98. The highest BCUT2D eigenvalue weighted by Gasteiger charge is 2.03. The number of imidazole rings is 1. The summed E-state index contributed by atoms with van der Waals surface area (Å²) in [5.41, 5.74) is 7.45. The molecule has 0 spiro atoms. The molecular formula is C14H23N3O. The molecular weight excluding hydrogens is 226 g/mol. The maximum absolute atomic E-state index is 10.9. The van der Waals surface area contributed by atoms with Gasteiger partial charge in [-0.15, -0.1) is 0 Å². The van der Waals surface area contributed by atoms with Crippen LogP contribution in [0, 0.1) is 6.92 Å². The molecule has 2 N–H and O–H groups in total. The van der Waals surface area contributed by atoms with Gasteiger partial charge in [0.15, 0.2) is 0 Å². The van der Waals surface area contributed by atoms with Crippen LogP contribution in [0.3, 0.4) is 0 Å². The molecule has 0 aromatic carbocycles. The van der Waals surface area contributed by atoms with Crippen LogP contribution in [0.1, 0.15) is 50.2 Å². The number of hydrogen-bond donors (Lipinski definition) is 1. The number of aryl methyl sites for hydroxylation is 1. The molecule has 4 heteroatoms. The molecule has 0 aliphatic carbocycles. The summed E-state index contributed by atoms with van der Waals surface area (Å²) >= 11 is 0. The number of rotatable bonds is 1. The van der Waals surface area contributed by atoms with E-state index in [2.05, 4.69) is 18.8 Å². The Labute approximate surface area is 109 Å². The highest BCUT2D eigenvalue weighted by Crippen LogP contribution is 2.07. The van der Waals surface area contributed by atoms with E-state index in [0.717, 1.165) is 11.3 Å². The molecule has 100 valence electrons. The Morgan fingerprint density at radius 1 is 1.33 bits per heavy atom. The summed E-state index contributed by atoms with van der Waals surface area (Å²) in [6.07, 6.45) is 4.69. The number of primary amides is 1. The Balaban J connectivity index is 0.000000509. The third-order valence-corrected chi connectivity index (χ3v) is 1.98. The lowest BCUT2D eigenvalue weighted by Gasteiger charge is -1.98. The minimum Gasteiger partial charge on any atom is -0.366 e. The van der Waals surface area contributed by atoms with Crippen molar-refractivity contribution >= 4 is 11.6 Å². The van der Waals surface area contributed by atoms with E-state index in [1.807, 2.05) is 25.2 Å². The fraction of sp³-hybridized carbons (Fsp3) is 0.429. The zero-order valence-electron chi connectivity index (χ0n) is 11.9. The fourth-order valence-electron chi connectivity index (χ4n) is 1.25. The Bertz CT molecular complexity index is 489. The molecule has 18 heavy (non-hydrogen) atoms. The normalized spacial score (nSPS) is 8.94. The largest absolute Gasteiger partial charge is 0.366 e. The van der Waals surface area contributed by atoms with Crippen molar-refractivity contribution in [1.82, 2.24) is 9.38 Å². The van der Waals surface area contributed by atoms with Crippen LogP contribution in [0.4, 0.5) is 0 Å². The van der Waals surface area contributed by atoms with E-state index in [-0.39, 0.29) is 0 Å². The van der Waals surface area contributed by atoms with Crippen molar-refractivity contribution in [1.29, 1.82) is 0 Å². The molecule has 0 atom stereocenters. The maximum atomic E-state index is 10.9. The Morgan fingerprint density at radius 3 is 2.39 bits per heavy atom. The molecule has 2 aromatic heterocycles. The smallest absolute Gasteiger partial charge is 0.250 e. The van der Waals surface area contributed by atoms with Crippen LogP contribution in [0.25, 0.3) is 5.65 Å². The van der Waals surface area contributed by atoms with Crippen LogP contribution in [-0.2, 0) is 0 Å². The van der Waals surface area contributed by atoms with Gasteiger partial charge < -0.3 is 10.1 Å². The second-order valence-electron chi connectivity index (χ2n) is 3.62. The van der Waals surface area contributed by atoms with Gasteiger partial charge in [-0.05, 0) is 19.1 Å². The molecule has 0 unspecified atom stereocenters. The van der Waals surface area contributed by atoms with Gasteiger partial charge in [0.05, 0.1) is 5.56 Å². The first-order chi connectivity index (χ1) is 8.60. The number of carbonyl (C=O) groups is 1. The predicted molar refractivity (Wildman–Crippen MR) is 75.8 cm³/mol. The third kappa shape index (κ3) is 4.20. The summed E-state index contributed by atoms with van der Waals surface area (Å²) in [4.78, 5) is 15.0.